The monoisotopic (exact) mass is 282 g/mol. The maximum atomic E-state index is 6.07. The summed E-state index contributed by atoms with van der Waals surface area (Å²) >= 11 is 7.65. The number of halogens is 2. The summed E-state index contributed by atoms with van der Waals surface area (Å²) in [6.45, 7) is 4.13. The fourth-order valence-corrected chi connectivity index (χ4v) is 2.65. The van der Waals surface area contributed by atoms with Gasteiger partial charge in [-0.05, 0) is 17.0 Å². The summed E-state index contributed by atoms with van der Waals surface area (Å²) in [4.78, 5) is 2.34. The Morgan fingerprint density at radius 2 is 2.44 bits per heavy atom. The van der Waals surface area contributed by atoms with Crippen LogP contribution in [0.3, 0.4) is 0 Å². The molecule has 6 heteroatoms. The standard InChI is InChI=1S/C10H15ClN2OS.ClH/c11-10-8(1-4-15-10)6-13-2-3-14-9(5-12)7-13;/h1,4,9H,2-3,5-7,12H2;1H. The maximum absolute atomic E-state index is 6.07. The Bertz CT molecular complexity index is 322. The van der Waals surface area contributed by atoms with Crippen LogP contribution in [0.25, 0.3) is 0 Å². The summed E-state index contributed by atoms with van der Waals surface area (Å²) in [5.41, 5.74) is 6.80. The molecule has 92 valence electrons. The van der Waals surface area contributed by atoms with Crippen molar-refractivity contribution in [1.82, 2.24) is 4.90 Å². The molecule has 0 saturated carbocycles. The van der Waals surface area contributed by atoms with E-state index in [1.807, 2.05) is 5.38 Å². The zero-order valence-corrected chi connectivity index (χ0v) is 11.3. The highest BCUT2D eigenvalue weighted by molar-refractivity contribution is 7.14. The van der Waals surface area contributed by atoms with Crippen LogP contribution in [0.5, 0.6) is 0 Å². The van der Waals surface area contributed by atoms with Crippen molar-refractivity contribution in [2.75, 3.05) is 26.2 Å². The Hall–Kier alpha value is 0.160. The van der Waals surface area contributed by atoms with Gasteiger partial charge in [0.1, 0.15) is 0 Å². The lowest BCUT2D eigenvalue weighted by molar-refractivity contribution is -0.0260. The van der Waals surface area contributed by atoms with Gasteiger partial charge in [-0.2, -0.15) is 0 Å². The molecule has 0 spiro atoms. The van der Waals surface area contributed by atoms with Gasteiger partial charge in [0.15, 0.2) is 0 Å². The van der Waals surface area contributed by atoms with Gasteiger partial charge in [-0.1, -0.05) is 11.6 Å². The minimum Gasteiger partial charge on any atom is -0.374 e. The van der Waals surface area contributed by atoms with Gasteiger partial charge >= 0.3 is 0 Å². The predicted octanol–water partition coefficient (Wildman–Crippen LogP) is 1.98. The van der Waals surface area contributed by atoms with E-state index >= 15 is 0 Å². The lowest BCUT2D eigenvalue weighted by Crippen LogP contribution is -2.45. The molecule has 0 amide bonds. The van der Waals surface area contributed by atoms with E-state index in [2.05, 4.69) is 11.0 Å². The summed E-state index contributed by atoms with van der Waals surface area (Å²) < 4.78 is 6.40. The number of rotatable bonds is 3. The third kappa shape index (κ3) is 3.58. The fraction of sp³-hybridized carbons (Fsp3) is 0.600. The average molecular weight is 283 g/mol. The van der Waals surface area contributed by atoms with Crippen LogP contribution in [-0.2, 0) is 11.3 Å². The Kier molecular flexibility index (Phi) is 6.03. The van der Waals surface area contributed by atoms with E-state index in [9.17, 15) is 0 Å². The van der Waals surface area contributed by atoms with Gasteiger partial charge in [-0.25, -0.2) is 0 Å². The molecule has 1 aliphatic heterocycles. The molecule has 16 heavy (non-hydrogen) atoms. The number of nitrogens with zero attached hydrogens (tertiary/aromatic N) is 1. The van der Waals surface area contributed by atoms with E-state index < -0.39 is 0 Å². The van der Waals surface area contributed by atoms with E-state index in [1.165, 1.54) is 5.56 Å². The Labute approximate surface area is 111 Å². The van der Waals surface area contributed by atoms with Crippen molar-refractivity contribution in [3.8, 4) is 0 Å². The lowest BCUT2D eigenvalue weighted by atomic mass is 10.2. The molecule has 0 bridgehead atoms. The number of morpholine rings is 1. The second kappa shape index (κ2) is 6.79. The molecule has 2 heterocycles. The zero-order valence-electron chi connectivity index (χ0n) is 8.89. The van der Waals surface area contributed by atoms with Crippen LogP contribution in [0, 0.1) is 0 Å². The van der Waals surface area contributed by atoms with Gasteiger partial charge in [0.25, 0.3) is 0 Å². The molecule has 1 saturated heterocycles. The summed E-state index contributed by atoms with van der Waals surface area (Å²) in [7, 11) is 0. The minimum atomic E-state index is 0. The number of thiophene rings is 1. The molecule has 2 N–H and O–H groups in total. The summed E-state index contributed by atoms with van der Waals surface area (Å²) in [5, 5.41) is 2.03. The first-order valence-electron chi connectivity index (χ1n) is 5.05. The fourth-order valence-electron chi connectivity index (χ4n) is 1.74. The summed E-state index contributed by atoms with van der Waals surface area (Å²) in [5.74, 6) is 0. The first-order chi connectivity index (χ1) is 7.29. The Morgan fingerprint density at radius 3 is 3.06 bits per heavy atom. The number of nitrogens with two attached hydrogens (primary N) is 1. The van der Waals surface area contributed by atoms with E-state index in [4.69, 9.17) is 22.1 Å². The molecule has 3 nitrogen and oxygen atoms in total. The van der Waals surface area contributed by atoms with Crippen molar-refractivity contribution >= 4 is 35.3 Å². The van der Waals surface area contributed by atoms with Gasteiger partial charge in [0.2, 0.25) is 0 Å². The molecule has 1 aliphatic rings. The topological polar surface area (TPSA) is 38.5 Å². The van der Waals surface area contributed by atoms with Crippen molar-refractivity contribution in [2.45, 2.75) is 12.6 Å². The van der Waals surface area contributed by atoms with Crippen molar-refractivity contribution in [2.24, 2.45) is 5.73 Å². The molecular weight excluding hydrogens is 267 g/mol. The van der Waals surface area contributed by atoms with Gasteiger partial charge in [-0.15, -0.1) is 23.7 Å². The zero-order chi connectivity index (χ0) is 10.7. The molecule has 0 aromatic carbocycles. The first-order valence-corrected chi connectivity index (χ1v) is 6.31. The Balaban J connectivity index is 0.00000128. The van der Waals surface area contributed by atoms with E-state index in [-0.39, 0.29) is 18.5 Å². The van der Waals surface area contributed by atoms with Crippen LogP contribution < -0.4 is 5.73 Å². The maximum Gasteiger partial charge on any atom is 0.0973 e. The van der Waals surface area contributed by atoms with Gasteiger partial charge in [-0.3, -0.25) is 4.90 Å². The number of hydrogen-bond acceptors (Lipinski definition) is 4. The minimum absolute atomic E-state index is 0. The van der Waals surface area contributed by atoms with Gasteiger partial charge in [0.05, 0.1) is 17.0 Å². The summed E-state index contributed by atoms with van der Waals surface area (Å²) in [6, 6.07) is 2.08. The highest BCUT2D eigenvalue weighted by Crippen LogP contribution is 2.24. The predicted molar refractivity (Wildman–Crippen MR) is 70.6 cm³/mol. The quantitative estimate of drug-likeness (QED) is 0.922. The van der Waals surface area contributed by atoms with Crippen molar-refractivity contribution in [1.29, 1.82) is 0 Å². The molecule has 0 aliphatic carbocycles. The smallest absolute Gasteiger partial charge is 0.0973 e. The van der Waals surface area contributed by atoms with Crippen LogP contribution in [0.2, 0.25) is 4.34 Å². The Morgan fingerprint density at radius 1 is 1.62 bits per heavy atom. The van der Waals surface area contributed by atoms with Crippen molar-refractivity contribution < 1.29 is 4.74 Å². The number of hydrogen-bond donors (Lipinski definition) is 1. The van der Waals surface area contributed by atoms with E-state index in [0.717, 1.165) is 30.6 Å². The van der Waals surface area contributed by atoms with Gasteiger partial charge in [0, 0.05) is 26.2 Å². The van der Waals surface area contributed by atoms with E-state index in [1.54, 1.807) is 11.3 Å². The number of ether oxygens (including phenoxy) is 1. The van der Waals surface area contributed by atoms with Crippen LogP contribution >= 0.6 is 35.3 Å². The van der Waals surface area contributed by atoms with Crippen LogP contribution in [0.4, 0.5) is 0 Å². The molecule has 2 rings (SSSR count). The molecule has 1 atom stereocenters. The third-order valence-corrected chi connectivity index (χ3v) is 3.82. The highest BCUT2D eigenvalue weighted by atomic mass is 35.5. The first kappa shape index (κ1) is 14.2. The molecule has 1 aromatic rings. The lowest BCUT2D eigenvalue weighted by Gasteiger charge is -2.32. The van der Waals surface area contributed by atoms with Crippen LogP contribution in [-0.4, -0.2) is 37.2 Å². The van der Waals surface area contributed by atoms with E-state index in [0.29, 0.717) is 6.54 Å². The molecule has 1 aromatic heterocycles. The normalized spacial score (nSPS) is 21.8. The molecule has 1 unspecified atom stereocenters. The molecule has 0 radical (unpaired) electrons. The second-order valence-electron chi connectivity index (χ2n) is 3.68. The third-order valence-electron chi connectivity index (χ3n) is 2.57. The SMILES string of the molecule is Cl.NCC1CN(Cc2ccsc2Cl)CCO1. The van der Waals surface area contributed by atoms with Crippen molar-refractivity contribution in [3.05, 3.63) is 21.3 Å². The second-order valence-corrected chi connectivity index (χ2v) is 5.20. The largest absolute Gasteiger partial charge is 0.374 e. The van der Waals surface area contributed by atoms with Gasteiger partial charge < -0.3 is 10.5 Å². The van der Waals surface area contributed by atoms with Crippen molar-refractivity contribution in [3.63, 3.8) is 0 Å². The average Bonchev–Trinajstić information content (AvgIpc) is 2.65. The molecular formula is C10H16Cl2N2OS. The highest BCUT2D eigenvalue weighted by Gasteiger charge is 2.19. The summed E-state index contributed by atoms with van der Waals surface area (Å²) in [6.07, 6.45) is 0.177. The van der Waals surface area contributed by atoms with Crippen LogP contribution in [0.15, 0.2) is 11.4 Å². The molecule has 1 fully saturated rings. The van der Waals surface area contributed by atoms with Crippen LogP contribution in [0.1, 0.15) is 5.56 Å².